The number of carbonyl (C=O) groups excluding carboxylic acids is 2. The van der Waals surface area contributed by atoms with Gasteiger partial charge in [0.05, 0.1) is 24.9 Å². The molecule has 1 aliphatic heterocycles. The van der Waals surface area contributed by atoms with Gasteiger partial charge >= 0.3 is 5.97 Å². The number of likely N-dealkylation sites (tertiary alicyclic amines) is 1. The molecule has 1 fully saturated rings. The topological polar surface area (TPSA) is 55.8 Å². The van der Waals surface area contributed by atoms with Crippen molar-refractivity contribution in [2.24, 2.45) is 5.92 Å². The second kappa shape index (κ2) is 8.70. The molecule has 0 saturated carbocycles. The van der Waals surface area contributed by atoms with E-state index in [-0.39, 0.29) is 24.9 Å². The third-order valence-electron chi connectivity index (χ3n) is 6.53. The summed E-state index contributed by atoms with van der Waals surface area (Å²) in [6, 6.07) is 18.4. The van der Waals surface area contributed by atoms with Crippen LogP contribution in [0.3, 0.4) is 0 Å². The zero-order valence-electron chi connectivity index (χ0n) is 17.7. The Morgan fingerprint density at radius 1 is 1.13 bits per heavy atom. The normalized spacial score (nSPS) is 26.4. The van der Waals surface area contributed by atoms with E-state index in [1.807, 2.05) is 37.4 Å². The van der Waals surface area contributed by atoms with E-state index in [9.17, 15) is 9.59 Å². The van der Waals surface area contributed by atoms with Crippen molar-refractivity contribution in [3.63, 3.8) is 0 Å². The van der Waals surface area contributed by atoms with Crippen molar-refractivity contribution in [1.29, 1.82) is 0 Å². The number of piperidine rings is 1. The molecule has 0 radical (unpaired) electrons. The summed E-state index contributed by atoms with van der Waals surface area (Å²) in [7, 11) is 2.00. The minimum absolute atomic E-state index is 0.0587. The maximum absolute atomic E-state index is 13.2. The van der Waals surface area contributed by atoms with Gasteiger partial charge in [-0.25, -0.2) is 0 Å². The van der Waals surface area contributed by atoms with Crippen molar-refractivity contribution < 1.29 is 19.1 Å². The first-order valence-electron chi connectivity index (χ1n) is 10.7. The SMILES string of the molecule is CCOC(=O)C1CN(C)C2(CC1=O)c1ccccc1CCC2OCc1ccccc1. The summed E-state index contributed by atoms with van der Waals surface area (Å²) in [6.45, 7) is 2.89. The third kappa shape index (κ3) is 3.68. The average molecular weight is 408 g/mol. The highest BCUT2D eigenvalue weighted by molar-refractivity contribution is 6.00. The van der Waals surface area contributed by atoms with Crippen LogP contribution in [0.1, 0.15) is 36.5 Å². The number of ketones is 1. The van der Waals surface area contributed by atoms with Gasteiger partial charge in [0.15, 0.2) is 5.78 Å². The average Bonchev–Trinajstić information content (AvgIpc) is 2.76. The zero-order chi connectivity index (χ0) is 21.1. The first kappa shape index (κ1) is 20.8. The van der Waals surface area contributed by atoms with Crippen LogP contribution in [0.15, 0.2) is 54.6 Å². The van der Waals surface area contributed by atoms with Gasteiger partial charge < -0.3 is 9.47 Å². The first-order chi connectivity index (χ1) is 14.6. The lowest BCUT2D eigenvalue weighted by Crippen LogP contribution is -2.62. The van der Waals surface area contributed by atoms with Gasteiger partial charge in [-0.3, -0.25) is 14.5 Å². The molecule has 5 nitrogen and oxygen atoms in total. The Kier molecular flexibility index (Phi) is 6.02. The van der Waals surface area contributed by atoms with Gasteiger partial charge in [0.2, 0.25) is 0 Å². The molecule has 1 aliphatic carbocycles. The Labute approximate surface area is 178 Å². The number of ether oxygens (including phenoxy) is 2. The molecule has 3 atom stereocenters. The van der Waals surface area contributed by atoms with Gasteiger partial charge in [-0.05, 0) is 43.5 Å². The molecule has 0 bridgehead atoms. The van der Waals surface area contributed by atoms with Crippen LogP contribution in [0.5, 0.6) is 0 Å². The van der Waals surface area contributed by atoms with E-state index in [0.29, 0.717) is 13.2 Å². The van der Waals surface area contributed by atoms with E-state index in [4.69, 9.17) is 9.47 Å². The number of carbonyl (C=O) groups is 2. The molecule has 1 saturated heterocycles. The van der Waals surface area contributed by atoms with E-state index < -0.39 is 17.4 Å². The molecular formula is C25H29NO4. The van der Waals surface area contributed by atoms with E-state index in [2.05, 4.69) is 29.2 Å². The fraction of sp³-hybridized carbons (Fsp3) is 0.440. The summed E-state index contributed by atoms with van der Waals surface area (Å²) in [5.74, 6) is -1.21. The van der Waals surface area contributed by atoms with E-state index in [1.165, 1.54) is 5.56 Å². The maximum atomic E-state index is 13.2. The molecule has 158 valence electrons. The standard InChI is InChI=1S/C25H29NO4/c1-3-29-24(28)20-16-26(2)25(15-22(20)27)21-12-8-7-11-19(21)13-14-23(25)30-17-18-9-5-4-6-10-18/h4-12,20,23H,3,13-17H2,1-2H3. The Hall–Kier alpha value is -2.50. The van der Waals surface area contributed by atoms with E-state index in [0.717, 1.165) is 24.0 Å². The highest BCUT2D eigenvalue weighted by Crippen LogP contribution is 2.47. The van der Waals surface area contributed by atoms with Gasteiger partial charge in [-0.1, -0.05) is 54.6 Å². The van der Waals surface area contributed by atoms with Gasteiger partial charge in [-0.2, -0.15) is 0 Å². The number of nitrogens with zero attached hydrogens (tertiary/aromatic N) is 1. The van der Waals surface area contributed by atoms with Gasteiger partial charge in [0.25, 0.3) is 0 Å². The predicted octanol–water partition coefficient (Wildman–Crippen LogP) is 3.50. The Bertz CT molecular complexity index is 912. The molecule has 0 N–H and O–H groups in total. The smallest absolute Gasteiger partial charge is 0.317 e. The number of aryl methyl sites for hydroxylation is 1. The molecule has 1 spiro atoms. The molecule has 5 heteroatoms. The number of benzene rings is 2. The first-order valence-corrected chi connectivity index (χ1v) is 10.7. The van der Waals surface area contributed by atoms with Crippen LogP contribution in [0.25, 0.3) is 0 Å². The van der Waals surface area contributed by atoms with Crippen molar-refractivity contribution in [1.82, 2.24) is 4.90 Å². The Balaban J connectivity index is 1.66. The van der Waals surface area contributed by atoms with Crippen LogP contribution in [-0.2, 0) is 37.6 Å². The van der Waals surface area contributed by atoms with Crippen LogP contribution >= 0.6 is 0 Å². The summed E-state index contributed by atoms with van der Waals surface area (Å²) in [5, 5.41) is 0. The summed E-state index contributed by atoms with van der Waals surface area (Å²) in [6.07, 6.45) is 1.88. The molecule has 3 unspecified atom stereocenters. The number of Topliss-reactive ketones (excluding diaryl/α,β-unsaturated/α-hetero) is 1. The van der Waals surface area contributed by atoms with Crippen LogP contribution in [0, 0.1) is 5.92 Å². The highest BCUT2D eigenvalue weighted by Gasteiger charge is 2.54. The summed E-state index contributed by atoms with van der Waals surface area (Å²) >= 11 is 0. The minimum atomic E-state index is -0.732. The number of hydrogen-bond acceptors (Lipinski definition) is 5. The quantitative estimate of drug-likeness (QED) is 0.561. The number of rotatable bonds is 5. The van der Waals surface area contributed by atoms with Gasteiger partial charge in [0, 0.05) is 13.0 Å². The fourth-order valence-electron chi connectivity index (χ4n) is 5.02. The van der Waals surface area contributed by atoms with Crippen molar-refractivity contribution in [2.75, 3.05) is 20.2 Å². The van der Waals surface area contributed by atoms with Crippen LogP contribution < -0.4 is 0 Å². The van der Waals surface area contributed by atoms with Gasteiger partial charge in [0.1, 0.15) is 5.92 Å². The van der Waals surface area contributed by atoms with Crippen molar-refractivity contribution in [2.45, 2.75) is 44.4 Å². The second-order valence-corrected chi connectivity index (χ2v) is 8.23. The molecule has 2 aliphatic rings. The lowest BCUT2D eigenvalue weighted by Gasteiger charge is -2.53. The van der Waals surface area contributed by atoms with E-state index in [1.54, 1.807) is 6.92 Å². The minimum Gasteiger partial charge on any atom is -0.465 e. The maximum Gasteiger partial charge on any atom is 0.317 e. The van der Waals surface area contributed by atoms with Crippen LogP contribution in [0.4, 0.5) is 0 Å². The highest BCUT2D eigenvalue weighted by atomic mass is 16.5. The van der Waals surface area contributed by atoms with Crippen LogP contribution in [0.2, 0.25) is 0 Å². The molecule has 30 heavy (non-hydrogen) atoms. The monoisotopic (exact) mass is 407 g/mol. The lowest BCUT2D eigenvalue weighted by molar-refractivity contribution is -0.164. The number of fused-ring (bicyclic) bond motifs is 2. The fourth-order valence-corrected chi connectivity index (χ4v) is 5.02. The second-order valence-electron chi connectivity index (χ2n) is 8.23. The molecule has 2 aromatic rings. The molecular weight excluding hydrogens is 378 g/mol. The largest absolute Gasteiger partial charge is 0.465 e. The number of likely N-dealkylation sites (N-methyl/N-ethyl adjacent to an activating group) is 1. The summed E-state index contributed by atoms with van der Waals surface area (Å²) in [4.78, 5) is 27.7. The Morgan fingerprint density at radius 3 is 2.63 bits per heavy atom. The van der Waals surface area contributed by atoms with Gasteiger partial charge in [-0.15, -0.1) is 0 Å². The lowest BCUT2D eigenvalue weighted by atomic mass is 9.67. The van der Waals surface area contributed by atoms with Crippen LogP contribution in [-0.4, -0.2) is 43.0 Å². The van der Waals surface area contributed by atoms with Crippen molar-refractivity contribution >= 4 is 11.8 Å². The third-order valence-corrected chi connectivity index (χ3v) is 6.53. The van der Waals surface area contributed by atoms with E-state index >= 15 is 0 Å². The predicted molar refractivity (Wildman–Crippen MR) is 114 cm³/mol. The number of esters is 1. The molecule has 0 aromatic heterocycles. The molecule has 2 aromatic carbocycles. The molecule has 1 heterocycles. The molecule has 0 amide bonds. The van der Waals surface area contributed by atoms with Crippen molar-refractivity contribution in [3.05, 3.63) is 71.3 Å². The molecule has 4 rings (SSSR count). The zero-order valence-corrected chi connectivity index (χ0v) is 17.7. The Morgan fingerprint density at radius 2 is 1.87 bits per heavy atom. The number of hydrogen-bond donors (Lipinski definition) is 0. The summed E-state index contributed by atoms with van der Waals surface area (Å²) in [5.41, 5.74) is 2.95. The van der Waals surface area contributed by atoms with Crippen molar-refractivity contribution in [3.8, 4) is 0 Å². The summed E-state index contributed by atoms with van der Waals surface area (Å²) < 4.78 is 11.6.